The van der Waals surface area contributed by atoms with Crippen molar-refractivity contribution in [3.63, 3.8) is 0 Å². The Hall–Kier alpha value is -1.84. The maximum absolute atomic E-state index is 11.3. The van der Waals surface area contributed by atoms with Crippen LogP contribution in [0.3, 0.4) is 0 Å². The minimum Gasteiger partial charge on any atom is -0.445 e. The van der Waals surface area contributed by atoms with Gasteiger partial charge in [0.2, 0.25) is 6.29 Å². The normalized spacial score (nSPS) is 10.6. The van der Waals surface area contributed by atoms with Crippen LogP contribution in [0.5, 0.6) is 0 Å². The second kappa shape index (κ2) is 5.30. The van der Waals surface area contributed by atoms with Crippen molar-refractivity contribution < 1.29 is 14.3 Å². The van der Waals surface area contributed by atoms with Crippen molar-refractivity contribution in [2.45, 2.75) is 26.0 Å². The van der Waals surface area contributed by atoms with E-state index in [9.17, 15) is 9.59 Å². The van der Waals surface area contributed by atoms with Gasteiger partial charge in [-0.2, -0.15) is 0 Å². The molecular formula is C12H14NO3. The van der Waals surface area contributed by atoms with Crippen LogP contribution in [-0.4, -0.2) is 17.9 Å². The first-order valence-electron chi connectivity index (χ1n) is 4.92. The average Bonchev–Trinajstić information content (AvgIpc) is 2.27. The average molecular weight is 220 g/mol. The lowest BCUT2D eigenvalue weighted by atomic mass is 10.1. The third kappa shape index (κ3) is 4.13. The molecule has 0 saturated carbocycles. The first-order valence-corrected chi connectivity index (χ1v) is 4.92. The highest BCUT2D eigenvalue weighted by molar-refractivity contribution is 5.75. The Bertz CT molecular complexity index is 360. The van der Waals surface area contributed by atoms with E-state index in [-0.39, 0.29) is 6.61 Å². The summed E-state index contributed by atoms with van der Waals surface area (Å²) in [7, 11) is 0. The van der Waals surface area contributed by atoms with Crippen molar-refractivity contribution in [1.82, 2.24) is 5.32 Å². The van der Waals surface area contributed by atoms with Crippen LogP contribution in [0.2, 0.25) is 0 Å². The largest absolute Gasteiger partial charge is 0.445 e. The van der Waals surface area contributed by atoms with E-state index in [0.717, 1.165) is 5.56 Å². The van der Waals surface area contributed by atoms with Gasteiger partial charge in [-0.15, -0.1) is 0 Å². The predicted molar refractivity (Wildman–Crippen MR) is 59.5 cm³/mol. The monoisotopic (exact) mass is 220 g/mol. The molecule has 0 heterocycles. The Morgan fingerprint density at radius 2 is 2.00 bits per heavy atom. The minimum atomic E-state index is -1.02. The molecule has 1 radical (unpaired) electrons. The minimum absolute atomic E-state index is 0.182. The van der Waals surface area contributed by atoms with E-state index in [4.69, 9.17) is 4.74 Å². The van der Waals surface area contributed by atoms with Gasteiger partial charge < -0.3 is 10.1 Å². The molecule has 1 N–H and O–H groups in total. The summed E-state index contributed by atoms with van der Waals surface area (Å²) in [6, 6.07) is 9.31. The van der Waals surface area contributed by atoms with Crippen LogP contribution in [0.1, 0.15) is 19.4 Å². The summed E-state index contributed by atoms with van der Waals surface area (Å²) in [4.78, 5) is 21.7. The molecule has 1 aromatic carbocycles. The van der Waals surface area contributed by atoms with Crippen molar-refractivity contribution in [2.75, 3.05) is 0 Å². The van der Waals surface area contributed by atoms with Crippen molar-refractivity contribution in [1.29, 1.82) is 0 Å². The molecule has 0 atom stereocenters. The molecule has 0 aliphatic rings. The zero-order valence-corrected chi connectivity index (χ0v) is 9.32. The van der Waals surface area contributed by atoms with Crippen LogP contribution in [0.4, 0.5) is 4.79 Å². The first-order chi connectivity index (χ1) is 7.53. The lowest BCUT2D eigenvalue weighted by Crippen LogP contribution is -2.44. The number of hydrogen-bond acceptors (Lipinski definition) is 3. The van der Waals surface area contributed by atoms with Gasteiger partial charge in [0, 0.05) is 0 Å². The molecule has 0 bridgehead atoms. The van der Waals surface area contributed by atoms with Gasteiger partial charge in [0.15, 0.2) is 0 Å². The Balaban J connectivity index is 2.39. The molecule has 0 aliphatic carbocycles. The van der Waals surface area contributed by atoms with Gasteiger partial charge in [0.25, 0.3) is 0 Å². The van der Waals surface area contributed by atoms with Crippen molar-refractivity contribution >= 4 is 12.4 Å². The molecule has 0 aromatic heterocycles. The van der Waals surface area contributed by atoms with Gasteiger partial charge in [-0.25, -0.2) is 4.79 Å². The van der Waals surface area contributed by atoms with Crippen molar-refractivity contribution in [2.24, 2.45) is 0 Å². The highest BCUT2D eigenvalue weighted by Gasteiger charge is 2.21. The number of benzene rings is 1. The van der Waals surface area contributed by atoms with Crippen LogP contribution in [0.25, 0.3) is 0 Å². The van der Waals surface area contributed by atoms with Gasteiger partial charge in [0.1, 0.15) is 12.1 Å². The van der Waals surface area contributed by atoms with E-state index >= 15 is 0 Å². The Labute approximate surface area is 94.6 Å². The van der Waals surface area contributed by atoms with Gasteiger partial charge in [-0.3, -0.25) is 4.79 Å². The van der Waals surface area contributed by atoms with E-state index in [0.29, 0.717) is 0 Å². The number of ether oxygens (including phenoxy) is 1. The van der Waals surface area contributed by atoms with Gasteiger partial charge in [0.05, 0.1) is 0 Å². The molecule has 0 spiro atoms. The van der Waals surface area contributed by atoms with Crippen LogP contribution < -0.4 is 5.32 Å². The quantitative estimate of drug-likeness (QED) is 0.841. The Kier molecular flexibility index (Phi) is 4.05. The smallest absolute Gasteiger partial charge is 0.408 e. The topological polar surface area (TPSA) is 55.4 Å². The predicted octanol–water partition coefficient (Wildman–Crippen LogP) is 1.80. The lowest BCUT2D eigenvalue weighted by Gasteiger charge is -2.17. The summed E-state index contributed by atoms with van der Waals surface area (Å²) in [5, 5.41) is 2.39. The van der Waals surface area contributed by atoms with E-state index in [1.165, 1.54) is 0 Å². The summed E-state index contributed by atoms with van der Waals surface area (Å²) in [5.74, 6) is 0. The summed E-state index contributed by atoms with van der Waals surface area (Å²) in [5.41, 5.74) is -0.126. The van der Waals surface area contributed by atoms with E-state index in [2.05, 4.69) is 5.32 Å². The molecule has 0 unspecified atom stereocenters. The second-order valence-corrected chi connectivity index (χ2v) is 3.91. The van der Waals surface area contributed by atoms with Crippen LogP contribution in [0.15, 0.2) is 30.3 Å². The fourth-order valence-electron chi connectivity index (χ4n) is 1.04. The Morgan fingerprint density at radius 1 is 1.38 bits per heavy atom. The molecule has 85 valence electrons. The van der Waals surface area contributed by atoms with Crippen LogP contribution in [-0.2, 0) is 16.1 Å². The number of nitrogens with one attached hydrogen (secondary N) is 1. The highest BCUT2D eigenvalue weighted by Crippen LogP contribution is 2.02. The first kappa shape index (κ1) is 12.2. The molecule has 16 heavy (non-hydrogen) atoms. The molecule has 1 amide bonds. The van der Waals surface area contributed by atoms with Gasteiger partial charge in [-0.1, -0.05) is 30.3 Å². The molecule has 0 saturated heterocycles. The molecule has 0 aliphatic heterocycles. The zero-order chi connectivity index (χ0) is 12.0. The molecule has 0 fully saturated rings. The molecule has 1 aromatic rings. The lowest BCUT2D eigenvalue weighted by molar-refractivity contribution is 0.134. The van der Waals surface area contributed by atoms with E-state index in [1.807, 2.05) is 30.3 Å². The summed E-state index contributed by atoms with van der Waals surface area (Å²) in [6.07, 6.45) is 1.08. The zero-order valence-electron chi connectivity index (χ0n) is 9.32. The maximum Gasteiger partial charge on any atom is 0.408 e. The molecular weight excluding hydrogens is 206 g/mol. The third-order valence-electron chi connectivity index (χ3n) is 1.88. The summed E-state index contributed by atoms with van der Waals surface area (Å²) in [6.45, 7) is 3.27. The van der Waals surface area contributed by atoms with Crippen LogP contribution in [0, 0.1) is 0 Å². The van der Waals surface area contributed by atoms with Crippen LogP contribution >= 0.6 is 0 Å². The number of carbonyl (C=O) groups is 1. The number of hydrogen-bond donors (Lipinski definition) is 1. The van der Waals surface area contributed by atoms with E-state index in [1.54, 1.807) is 20.1 Å². The number of amides is 1. The fraction of sp³-hybridized carbons (Fsp3) is 0.333. The number of rotatable bonds is 4. The summed E-state index contributed by atoms with van der Waals surface area (Å²) >= 11 is 0. The number of alkyl carbamates (subject to hydrolysis) is 1. The van der Waals surface area contributed by atoms with E-state index < -0.39 is 11.6 Å². The third-order valence-corrected chi connectivity index (χ3v) is 1.88. The molecule has 1 rings (SSSR count). The SMILES string of the molecule is CC(C)([C]=O)NC(=O)OCc1ccccc1. The Morgan fingerprint density at radius 3 is 2.56 bits per heavy atom. The molecule has 4 heteroatoms. The van der Waals surface area contributed by atoms with Crippen molar-refractivity contribution in [3.05, 3.63) is 35.9 Å². The summed E-state index contributed by atoms with van der Waals surface area (Å²) < 4.78 is 4.94. The van der Waals surface area contributed by atoms with Crippen molar-refractivity contribution in [3.8, 4) is 0 Å². The fourth-order valence-corrected chi connectivity index (χ4v) is 1.04. The van der Waals surface area contributed by atoms with Gasteiger partial charge >= 0.3 is 6.09 Å². The van der Waals surface area contributed by atoms with Gasteiger partial charge in [-0.05, 0) is 19.4 Å². The number of carbonyl (C=O) groups excluding carboxylic acids is 2. The molecule has 4 nitrogen and oxygen atoms in total. The second-order valence-electron chi connectivity index (χ2n) is 3.91. The highest BCUT2D eigenvalue weighted by atomic mass is 16.5. The maximum atomic E-state index is 11.3. The standard InChI is InChI=1S/C12H14NO3/c1-12(2,9-14)13-11(15)16-8-10-6-4-3-5-7-10/h3-7H,8H2,1-2H3,(H,13,15).